The summed E-state index contributed by atoms with van der Waals surface area (Å²) in [5, 5.41) is 0. The lowest BCUT2D eigenvalue weighted by Crippen LogP contribution is -2.19. The lowest BCUT2D eigenvalue weighted by atomic mass is 9.98. The predicted molar refractivity (Wildman–Crippen MR) is 90.3 cm³/mol. The Kier molecular flexibility index (Phi) is 4.42. The van der Waals surface area contributed by atoms with Gasteiger partial charge >= 0.3 is 0 Å². The summed E-state index contributed by atoms with van der Waals surface area (Å²) in [5.74, 6) is 2.44. The Bertz CT molecular complexity index is 785. The Hall–Kier alpha value is -2.95. The van der Waals surface area contributed by atoms with Gasteiger partial charge in [0.05, 0.1) is 26.9 Å². The van der Waals surface area contributed by atoms with Crippen LogP contribution in [0.3, 0.4) is 0 Å². The van der Waals surface area contributed by atoms with Crippen molar-refractivity contribution in [3.05, 3.63) is 53.1 Å². The molecule has 0 bridgehead atoms. The molecule has 2 aromatic rings. The minimum Gasteiger partial charge on any atom is -0.497 e. The Balaban J connectivity index is 1.98. The zero-order valence-corrected chi connectivity index (χ0v) is 13.8. The molecule has 0 radical (unpaired) electrons. The van der Waals surface area contributed by atoms with E-state index >= 15 is 0 Å². The summed E-state index contributed by atoms with van der Waals surface area (Å²) in [7, 11) is 4.74. The number of fused-ring (bicyclic) bond motifs is 1. The SMILES string of the molecule is COc1cc(C=C2COc3ccc(OC)cc3C2=O)cc(OC)c1. The number of benzene rings is 2. The third-order valence-corrected chi connectivity index (χ3v) is 3.82. The topological polar surface area (TPSA) is 54.0 Å². The van der Waals surface area contributed by atoms with Gasteiger partial charge in [0, 0.05) is 11.6 Å². The largest absolute Gasteiger partial charge is 0.497 e. The lowest BCUT2D eigenvalue weighted by molar-refractivity contribution is 0.100. The summed E-state index contributed by atoms with van der Waals surface area (Å²) in [6.45, 7) is 0.220. The highest BCUT2D eigenvalue weighted by Crippen LogP contribution is 2.32. The van der Waals surface area contributed by atoms with Gasteiger partial charge in [-0.3, -0.25) is 4.79 Å². The second-order valence-electron chi connectivity index (χ2n) is 5.30. The van der Waals surface area contributed by atoms with Crippen LogP contribution in [0.5, 0.6) is 23.0 Å². The summed E-state index contributed by atoms with van der Waals surface area (Å²) < 4.78 is 21.4. The van der Waals surface area contributed by atoms with E-state index in [1.165, 1.54) is 0 Å². The molecule has 1 heterocycles. The van der Waals surface area contributed by atoms with Crippen LogP contribution in [0.2, 0.25) is 0 Å². The number of Topliss-reactive ketones (excluding diaryl/α,β-unsaturated/α-hetero) is 1. The molecule has 0 atom stereocenters. The highest BCUT2D eigenvalue weighted by molar-refractivity contribution is 6.14. The molecule has 0 saturated heterocycles. The van der Waals surface area contributed by atoms with E-state index in [1.807, 2.05) is 12.1 Å². The Morgan fingerprint density at radius 2 is 1.58 bits per heavy atom. The predicted octanol–water partition coefficient (Wildman–Crippen LogP) is 3.37. The Morgan fingerprint density at radius 1 is 0.917 bits per heavy atom. The van der Waals surface area contributed by atoms with Crippen LogP contribution in [0.15, 0.2) is 42.0 Å². The van der Waals surface area contributed by atoms with Gasteiger partial charge in [0.1, 0.15) is 29.6 Å². The van der Waals surface area contributed by atoms with E-state index < -0.39 is 0 Å². The van der Waals surface area contributed by atoms with Gasteiger partial charge in [0.2, 0.25) is 0 Å². The van der Waals surface area contributed by atoms with Gasteiger partial charge < -0.3 is 18.9 Å². The molecule has 24 heavy (non-hydrogen) atoms. The van der Waals surface area contributed by atoms with Crippen molar-refractivity contribution < 1.29 is 23.7 Å². The minimum atomic E-state index is -0.0723. The van der Waals surface area contributed by atoms with Gasteiger partial charge in [-0.15, -0.1) is 0 Å². The quantitative estimate of drug-likeness (QED) is 0.806. The zero-order valence-electron chi connectivity index (χ0n) is 13.8. The maximum absolute atomic E-state index is 12.7. The van der Waals surface area contributed by atoms with Gasteiger partial charge in [-0.05, 0) is 42.0 Å². The Morgan fingerprint density at radius 3 is 2.21 bits per heavy atom. The molecule has 1 aliphatic heterocycles. The molecular weight excluding hydrogens is 308 g/mol. The third-order valence-electron chi connectivity index (χ3n) is 3.82. The molecule has 0 aromatic heterocycles. The summed E-state index contributed by atoms with van der Waals surface area (Å²) in [4.78, 5) is 12.7. The van der Waals surface area contributed by atoms with E-state index in [0.29, 0.717) is 34.1 Å². The molecule has 1 aliphatic rings. The molecular formula is C19H18O5. The zero-order chi connectivity index (χ0) is 17.1. The molecule has 0 N–H and O–H groups in total. The van der Waals surface area contributed by atoms with Crippen LogP contribution in [0.4, 0.5) is 0 Å². The van der Waals surface area contributed by atoms with Crippen LogP contribution in [0, 0.1) is 0 Å². The average molecular weight is 326 g/mol. The van der Waals surface area contributed by atoms with Crippen LogP contribution in [0.1, 0.15) is 15.9 Å². The van der Waals surface area contributed by atoms with E-state index in [2.05, 4.69) is 0 Å². The monoisotopic (exact) mass is 326 g/mol. The van der Waals surface area contributed by atoms with Gasteiger partial charge in [0.15, 0.2) is 5.78 Å². The number of carbonyl (C=O) groups is 1. The first kappa shape index (κ1) is 15.9. The smallest absolute Gasteiger partial charge is 0.196 e. The number of rotatable bonds is 4. The van der Waals surface area contributed by atoms with Crippen molar-refractivity contribution in [3.63, 3.8) is 0 Å². The molecule has 5 nitrogen and oxygen atoms in total. The van der Waals surface area contributed by atoms with Crippen molar-refractivity contribution in [1.29, 1.82) is 0 Å². The number of ether oxygens (including phenoxy) is 4. The van der Waals surface area contributed by atoms with Crippen molar-refractivity contribution in [2.45, 2.75) is 0 Å². The summed E-state index contributed by atoms with van der Waals surface area (Å²) in [6.07, 6.45) is 1.79. The van der Waals surface area contributed by atoms with Gasteiger partial charge in [-0.2, -0.15) is 0 Å². The van der Waals surface area contributed by atoms with Gasteiger partial charge in [-0.1, -0.05) is 0 Å². The summed E-state index contributed by atoms with van der Waals surface area (Å²) in [6, 6.07) is 10.7. The van der Waals surface area contributed by atoms with Crippen LogP contribution < -0.4 is 18.9 Å². The molecule has 0 saturated carbocycles. The number of hydrogen-bond donors (Lipinski definition) is 0. The fourth-order valence-corrected chi connectivity index (χ4v) is 2.55. The first-order chi connectivity index (χ1) is 11.6. The summed E-state index contributed by atoms with van der Waals surface area (Å²) in [5.41, 5.74) is 1.87. The number of carbonyl (C=O) groups excluding carboxylic acids is 1. The maximum Gasteiger partial charge on any atom is 0.196 e. The molecule has 0 spiro atoms. The average Bonchev–Trinajstić information content (AvgIpc) is 2.63. The van der Waals surface area contributed by atoms with Crippen molar-refractivity contribution >= 4 is 11.9 Å². The number of methoxy groups -OCH3 is 3. The molecule has 0 fully saturated rings. The summed E-state index contributed by atoms with van der Waals surface area (Å²) >= 11 is 0. The van der Waals surface area contributed by atoms with Crippen molar-refractivity contribution in [2.24, 2.45) is 0 Å². The molecule has 2 aromatic carbocycles. The highest BCUT2D eigenvalue weighted by atomic mass is 16.5. The number of ketones is 1. The van der Waals surface area contributed by atoms with Gasteiger partial charge in [-0.25, -0.2) is 0 Å². The Labute approximate surface area is 140 Å². The van der Waals surface area contributed by atoms with Crippen LogP contribution in [-0.2, 0) is 0 Å². The molecule has 124 valence electrons. The third kappa shape index (κ3) is 3.06. The second kappa shape index (κ2) is 6.66. The van der Waals surface area contributed by atoms with Crippen molar-refractivity contribution in [2.75, 3.05) is 27.9 Å². The molecule has 3 rings (SSSR count). The second-order valence-corrected chi connectivity index (χ2v) is 5.30. The van der Waals surface area contributed by atoms with E-state index in [4.69, 9.17) is 18.9 Å². The molecule has 5 heteroatoms. The highest BCUT2D eigenvalue weighted by Gasteiger charge is 2.24. The first-order valence-electron chi connectivity index (χ1n) is 7.44. The molecule has 0 amide bonds. The van der Waals surface area contributed by atoms with Crippen LogP contribution in [0.25, 0.3) is 6.08 Å². The van der Waals surface area contributed by atoms with Crippen LogP contribution >= 0.6 is 0 Å². The number of hydrogen-bond acceptors (Lipinski definition) is 5. The standard InChI is InChI=1S/C19H18O5/c1-21-14-4-5-18-17(10-14)19(20)13(11-24-18)6-12-7-15(22-2)9-16(8-12)23-3/h4-10H,11H2,1-3H3. The van der Waals surface area contributed by atoms with Gasteiger partial charge in [0.25, 0.3) is 0 Å². The minimum absolute atomic E-state index is 0.0723. The fourth-order valence-electron chi connectivity index (χ4n) is 2.55. The lowest BCUT2D eigenvalue weighted by Gasteiger charge is -2.19. The molecule has 0 unspecified atom stereocenters. The van der Waals surface area contributed by atoms with Crippen LogP contribution in [-0.4, -0.2) is 33.7 Å². The molecule has 0 aliphatic carbocycles. The first-order valence-corrected chi connectivity index (χ1v) is 7.44. The van der Waals surface area contributed by atoms with E-state index in [9.17, 15) is 4.79 Å². The van der Waals surface area contributed by atoms with E-state index in [1.54, 1.807) is 51.7 Å². The maximum atomic E-state index is 12.7. The van der Waals surface area contributed by atoms with E-state index in [-0.39, 0.29) is 12.4 Å². The normalized spacial score (nSPS) is 14.8. The van der Waals surface area contributed by atoms with Crippen molar-refractivity contribution in [1.82, 2.24) is 0 Å². The van der Waals surface area contributed by atoms with E-state index in [0.717, 1.165) is 5.56 Å². The fraction of sp³-hybridized carbons (Fsp3) is 0.211. The van der Waals surface area contributed by atoms with Crippen molar-refractivity contribution in [3.8, 4) is 23.0 Å².